The molecule has 1 unspecified atom stereocenters. The molecule has 1 atom stereocenters. The van der Waals surface area contributed by atoms with E-state index in [9.17, 15) is 4.79 Å². The van der Waals surface area contributed by atoms with Crippen LogP contribution in [-0.2, 0) is 0 Å². The van der Waals surface area contributed by atoms with E-state index in [1.54, 1.807) is 0 Å². The van der Waals surface area contributed by atoms with E-state index in [2.05, 4.69) is 50.1 Å². The average Bonchev–Trinajstić information content (AvgIpc) is 2.73. The molecule has 0 radical (unpaired) electrons. The number of hydrogen-bond donors (Lipinski definition) is 1. The number of carbonyl (C=O) groups excluding carboxylic acids is 1. The van der Waals surface area contributed by atoms with Crippen molar-refractivity contribution in [3.63, 3.8) is 0 Å². The van der Waals surface area contributed by atoms with E-state index < -0.39 is 0 Å². The van der Waals surface area contributed by atoms with Gasteiger partial charge in [-0.1, -0.05) is 49.5 Å². The Hall–Kier alpha value is -1.29. The molecule has 30 heavy (non-hydrogen) atoms. The lowest BCUT2D eigenvalue weighted by Crippen LogP contribution is -2.53. The van der Waals surface area contributed by atoms with Gasteiger partial charge in [0.15, 0.2) is 0 Å². The zero-order valence-corrected chi connectivity index (χ0v) is 20.2. The molecule has 4 nitrogen and oxygen atoms in total. The molecule has 1 N–H and O–H groups in total. The number of nitrogens with zero attached hydrogens (tertiary/aromatic N) is 2. The van der Waals surface area contributed by atoms with Crippen molar-refractivity contribution in [1.29, 1.82) is 0 Å². The van der Waals surface area contributed by atoms with Gasteiger partial charge in [0.25, 0.3) is 0 Å². The van der Waals surface area contributed by atoms with Gasteiger partial charge in [-0.05, 0) is 78.2 Å². The van der Waals surface area contributed by atoms with Gasteiger partial charge in [-0.2, -0.15) is 0 Å². The highest BCUT2D eigenvalue weighted by atomic mass is 16.2. The average molecular weight is 418 g/mol. The second-order valence-corrected chi connectivity index (χ2v) is 9.95. The number of piperazine rings is 1. The Morgan fingerprint density at radius 2 is 1.67 bits per heavy atom. The molecule has 2 aliphatic rings. The number of allylic oxidation sites excluding steroid dienone is 4. The minimum absolute atomic E-state index is 0.168. The number of rotatable bonds is 10. The van der Waals surface area contributed by atoms with E-state index in [1.807, 2.05) is 4.90 Å². The molecule has 0 aromatic rings. The molecule has 0 bridgehead atoms. The van der Waals surface area contributed by atoms with E-state index in [0.29, 0.717) is 6.04 Å². The second-order valence-electron chi connectivity index (χ2n) is 9.95. The molecule has 1 heterocycles. The maximum absolute atomic E-state index is 12.5. The summed E-state index contributed by atoms with van der Waals surface area (Å²) in [6.07, 6.45) is 17.1. The van der Waals surface area contributed by atoms with E-state index in [0.717, 1.165) is 44.9 Å². The third-order valence-corrected chi connectivity index (χ3v) is 6.77. The highest BCUT2D eigenvalue weighted by molar-refractivity contribution is 5.74. The third kappa shape index (κ3) is 10.1. The zero-order valence-electron chi connectivity index (χ0n) is 20.2. The summed E-state index contributed by atoms with van der Waals surface area (Å²) < 4.78 is 0. The molecule has 0 spiro atoms. The Balaban J connectivity index is 1.55. The number of nitrogens with one attached hydrogen (secondary N) is 1. The van der Waals surface area contributed by atoms with Gasteiger partial charge in [0.1, 0.15) is 0 Å². The molecule has 0 aromatic heterocycles. The fourth-order valence-corrected chi connectivity index (χ4v) is 4.54. The standard InChI is InChI=1S/C26H47N3O/c1-22(2)10-8-11-23(3)12-9-13-24(4)16-17-28-18-20-29(21-19-28)26(30)27-25-14-6-5-7-15-25/h10,12,24-25H,5-9,11,13-21H2,1-4H3,(H,27,30)/b23-12+. The summed E-state index contributed by atoms with van der Waals surface area (Å²) in [5.74, 6) is 0.763. The predicted molar refractivity (Wildman–Crippen MR) is 129 cm³/mol. The van der Waals surface area contributed by atoms with Crippen LogP contribution >= 0.6 is 0 Å². The van der Waals surface area contributed by atoms with Crippen LogP contribution in [0.2, 0.25) is 0 Å². The van der Waals surface area contributed by atoms with Crippen LogP contribution in [0.15, 0.2) is 23.3 Å². The lowest BCUT2D eigenvalue weighted by Gasteiger charge is -2.36. The summed E-state index contributed by atoms with van der Waals surface area (Å²) in [5.41, 5.74) is 2.95. The Morgan fingerprint density at radius 1 is 0.967 bits per heavy atom. The summed E-state index contributed by atoms with van der Waals surface area (Å²) in [6.45, 7) is 14.0. The van der Waals surface area contributed by atoms with Gasteiger partial charge >= 0.3 is 6.03 Å². The van der Waals surface area contributed by atoms with Gasteiger partial charge in [0, 0.05) is 32.2 Å². The second kappa shape index (κ2) is 13.9. The molecule has 0 aromatic carbocycles. The number of carbonyl (C=O) groups is 1. The molecular weight excluding hydrogens is 370 g/mol. The first-order valence-electron chi connectivity index (χ1n) is 12.5. The molecule has 4 heteroatoms. The largest absolute Gasteiger partial charge is 0.335 e. The first-order chi connectivity index (χ1) is 14.4. The molecule has 2 fully saturated rings. The zero-order chi connectivity index (χ0) is 21.8. The maximum Gasteiger partial charge on any atom is 0.317 e. The van der Waals surface area contributed by atoms with Gasteiger partial charge < -0.3 is 10.2 Å². The number of urea groups is 1. The van der Waals surface area contributed by atoms with Crippen LogP contribution in [0.5, 0.6) is 0 Å². The highest BCUT2D eigenvalue weighted by Crippen LogP contribution is 2.18. The van der Waals surface area contributed by atoms with Crippen LogP contribution in [0.1, 0.15) is 91.9 Å². The number of amides is 2. The van der Waals surface area contributed by atoms with Gasteiger partial charge in [-0.25, -0.2) is 4.79 Å². The fourth-order valence-electron chi connectivity index (χ4n) is 4.54. The lowest BCUT2D eigenvalue weighted by molar-refractivity contribution is 0.131. The Kier molecular flexibility index (Phi) is 11.6. The SMILES string of the molecule is CC(C)=CCC/C(C)=C/CCC(C)CCN1CCN(C(=O)NC2CCCCC2)CC1. The van der Waals surface area contributed by atoms with Crippen LogP contribution in [0, 0.1) is 5.92 Å². The van der Waals surface area contributed by atoms with Crippen molar-refractivity contribution in [1.82, 2.24) is 15.1 Å². The third-order valence-electron chi connectivity index (χ3n) is 6.77. The normalized spacial score (nSPS) is 20.1. The van der Waals surface area contributed by atoms with Gasteiger partial charge in [0.2, 0.25) is 0 Å². The van der Waals surface area contributed by atoms with Crippen LogP contribution in [0.25, 0.3) is 0 Å². The van der Waals surface area contributed by atoms with Crippen molar-refractivity contribution in [3.05, 3.63) is 23.3 Å². The highest BCUT2D eigenvalue weighted by Gasteiger charge is 2.23. The summed E-state index contributed by atoms with van der Waals surface area (Å²) >= 11 is 0. The smallest absolute Gasteiger partial charge is 0.317 e. The minimum atomic E-state index is 0.168. The van der Waals surface area contributed by atoms with Gasteiger partial charge in [-0.15, -0.1) is 0 Å². The van der Waals surface area contributed by atoms with E-state index in [4.69, 9.17) is 0 Å². The van der Waals surface area contributed by atoms with Gasteiger partial charge in [-0.3, -0.25) is 4.90 Å². The van der Waals surface area contributed by atoms with E-state index in [-0.39, 0.29) is 6.03 Å². The molecule has 1 aliphatic heterocycles. The Labute approximate surface area is 186 Å². The first-order valence-corrected chi connectivity index (χ1v) is 12.5. The lowest BCUT2D eigenvalue weighted by atomic mass is 9.96. The summed E-state index contributed by atoms with van der Waals surface area (Å²) in [7, 11) is 0. The van der Waals surface area contributed by atoms with Crippen molar-refractivity contribution in [2.45, 2.75) is 97.9 Å². The van der Waals surface area contributed by atoms with E-state index in [1.165, 1.54) is 69.1 Å². The monoisotopic (exact) mass is 417 g/mol. The van der Waals surface area contributed by atoms with Crippen LogP contribution < -0.4 is 5.32 Å². The predicted octanol–water partition coefficient (Wildman–Crippen LogP) is 6.15. The molecular formula is C26H47N3O. The molecule has 2 amide bonds. The van der Waals surface area contributed by atoms with Crippen molar-refractivity contribution >= 4 is 6.03 Å². The van der Waals surface area contributed by atoms with Crippen molar-refractivity contribution in [2.75, 3.05) is 32.7 Å². The van der Waals surface area contributed by atoms with Crippen molar-refractivity contribution < 1.29 is 4.79 Å². The Bertz CT molecular complexity index is 551. The fraction of sp³-hybridized carbons (Fsp3) is 0.808. The maximum atomic E-state index is 12.5. The molecule has 1 aliphatic carbocycles. The molecule has 1 saturated heterocycles. The summed E-state index contributed by atoms with van der Waals surface area (Å²) in [4.78, 5) is 17.1. The van der Waals surface area contributed by atoms with E-state index >= 15 is 0 Å². The van der Waals surface area contributed by atoms with Gasteiger partial charge in [0.05, 0.1) is 0 Å². The van der Waals surface area contributed by atoms with Crippen molar-refractivity contribution in [3.8, 4) is 0 Å². The minimum Gasteiger partial charge on any atom is -0.335 e. The van der Waals surface area contributed by atoms with Crippen LogP contribution in [-0.4, -0.2) is 54.6 Å². The van der Waals surface area contributed by atoms with Crippen molar-refractivity contribution in [2.24, 2.45) is 5.92 Å². The topological polar surface area (TPSA) is 35.6 Å². The molecule has 172 valence electrons. The summed E-state index contributed by atoms with van der Waals surface area (Å²) in [5, 5.41) is 3.26. The quantitative estimate of drug-likeness (QED) is 0.433. The van der Waals surface area contributed by atoms with Crippen LogP contribution in [0.4, 0.5) is 4.79 Å². The summed E-state index contributed by atoms with van der Waals surface area (Å²) in [6, 6.07) is 0.580. The Morgan fingerprint density at radius 3 is 2.33 bits per heavy atom. The van der Waals surface area contributed by atoms with Crippen LogP contribution in [0.3, 0.4) is 0 Å². The molecule has 1 saturated carbocycles. The number of hydrogen-bond acceptors (Lipinski definition) is 2. The first kappa shape index (κ1) is 25.0. The molecule has 2 rings (SSSR count).